The van der Waals surface area contributed by atoms with Crippen molar-refractivity contribution in [2.24, 2.45) is 0 Å². The normalized spacial score (nSPS) is 15.6. The Labute approximate surface area is 178 Å². The third kappa shape index (κ3) is 4.31. The van der Waals surface area contributed by atoms with Gasteiger partial charge in [0.15, 0.2) is 0 Å². The second kappa shape index (κ2) is 8.65. The van der Waals surface area contributed by atoms with E-state index in [1.54, 1.807) is 30.5 Å². The molecule has 0 radical (unpaired) electrons. The average Bonchev–Trinajstić information content (AvgIpc) is 2.78. The van der Waals surface area contributed by atoms with Gasteiger partial charge in [-0.05, 0) is 37.3 Å². The van der Waals surface area contributed by atoms with Crippen molar-refractivity contribution in [1.82, 2.24) is 9.88 Å². The molecule has 0 spiro atoms. The maximum atomic E-state index is 13.3. The molecule has 1 aliphatic heterocycles. The monoisotopic (exact) mass is 423 g/mol. The Hall–Kier alpha value is -3.59. The van der Waals surface area contributed by atoms with Crippen LogP contribution in [0.1, 0.15) is 6.92 Å². The summed E-state index contributed by atoms with van der Waals surface area (Å²) in [5.74, 6) is -0.587. The lowest BCUT2D eigenvalue weighted by atomic mass is 10.1. The van der Waals surface area contributed by atoms with Gasteiger partial charge in [-0.3, -0.25) is 24.8 Å². The van der Waals surface area contributed by atoms with E-state index in [9.17, 15) is 19.3 Å². The summed E-state index contributed by atoms with van der Waals surface area (Å²) in [6, 6.07) is 10.5. The van der Waals surface area contributed by atoms with E-state index in [1.807, 2.05) is 6.92 Å². The number of nitrogens with one attached hydrogen (secondary N) is 1. The molecule has 0 unspecified atom stereocenters. The van der Waals surface area contributed by atoms with Crippen molar-refractivity contribution in [2.45, 2.75) is 13.0 Å². The Kier molecular flexibility index (Phi) is 5.77. The quantitative estimate of drug-likeness (QED) is 0.499. The first-order valence-corrected chi connectivity index (χ1v) is 10.0. The number of amides is 1. The SMILES string of the molecule is C[C@@H](C(=O)Nc1cccc(F)c1)N1CCN(c2ccc([N+](=O)[O-])c3cnccc23)CC1. The van der Waals surface area contributed by atoms with Crippen molar-refractivity contribution in [3.8, 4) is 0 Å². The molecule has 160 valence electrons. The number of nitro groups is 1. The van der Waals surface area contributed by atoms with E-state index in [2.05, 4.69) is 20.1 Å². The number of rotatable bonds is 5. The minimum absolute atomic E-state index is 0.0353. The largest absolute Gasteiger partial charge is 0.368 e. The molecule has 2 heterocycles. The van der Waals surface area contributed by atoms with E-state index in [0.29, 0.717) is 37.3 Å². The van der Waals surface area contributed by atoms with Gasteiger partial charge in [0.05, 0.1) is 16.4 Å². The molecular formula is C22H22FN5O3. The molecule has 1 aromatic heterocycles. The molecule has 9 heteroatoms. The van der Waals surface area contributed by atoms with Crippen LogP contribution in [0, 0.1) is 15.9 Å². The number of non-ortho nitro benzene ring substituents is 1. The maximum Gasteiger partial charge on any atom is 0.278 e. The first kappa shape index (κ1) is 20.7. The van der Waals surface area contributed by atoms with Gasteiger partial charge in [-0.15, -0.1) is 0 Å². The number of hydrogen-bond donors (Lipinski definition) is 1. The molecule has 1 atom stereocenters. The van der Waals surface area contributed by atoms with Gasteiger partial charge < -0.3 is 10.2 Å². The number of anilines is 2. The smallest absolute Gasteiger partial charge is 0.278 e. The fourth-order valence-corrected chi connectivity index (χ4v) is 3.92. The van der Waals surface area contributed by atoms with Gasteiger partial charge in [0.25, 0.3) is 5.69 Å². The summed E-state index contributed by atoms with van der Waals surface area (Å²) < 4.78 is 13.3. The Morgan fingerprint density at radius 1 is 1.16 bits per heavy atom. The molecule has 1 saturated heterocycles. The summed E-state index contributed by atoms with van der Waals surface area (Å²) in [6.45, 7) is 4.49. The molecule has 4 rings (SSSR count). The highest BCUT2D eigenvalue weighted by Gasteiger charge is 2.27. The number of hydrogen-bond acceptors (Lipinski definition) is 6. The lowest BCUT2D eigenvalue weighted by Gasteiger charge is -2.38. The number of benzene rings is 2. The Balaban J connectivity index is 1.45. The van der Waals surface area contributed by atoms with Crippen LogP contribution in [-0.4, -0.2) is 52.9 Å². The summed E-state index contributed by atoms with van der Waals surface area (Å²) in [5.41, 5.74) is 1.38. The molecule has 1 aliphatic rings. The fourth-order valence-electron chi connectivity index (χ4n) is 3.92. The maximum absolute atomic E-state index is 13.3. The van der Waals surface area contributed by atoms with Crippen molar-refractivity contribution >= 4 is 33.7 Å². The first-order valence-electron chi connectivity index (χ1n) is 10.0. The third-order valence-corrected chi connectivity index (χ3v) is 5.64. The van der Waals surface area contributed by atoms with E-state index >= 15 is 0 Å². The van der Waals surface area contributed by atoms with Crippen LogP contribution in [0.15, 0.2) is 54.9 Å². The number of nitro benzene ring substituents is 1. The summed E-state index contributed by atoms with van der Waals surface area (Å²) in [6.07, 6.45) is 3.15. The number of nitrogens with zero attached hydrogens (tertiary/aromatic N) is 4. The molecule has 1 fully saturated rings. The van der Waals surface area contributed by atoms with Crippen molar-refractivity contribution in [3.63, 3.8) is 0 Å². The predicted octanol–water partition coefficient (Wildman–Crippen LogP) is 3.43. The number of pyridine rings is 1. The van der Waals surface area contributed by atoms with Crippen LogP contribution < -0.4 is 10.2 Å². The van der Waals surface area contributed by atoms with E-state index < -0.39 is 10.7 Å². The lowest BCUT2D eigenvalue weighted by molar-refractivity contribution is -0.383. The second-order valence-electron chi connectivity index (χ2n) is 7.48. The zero-order valence-electron chi connectivity index (χ0n) is 17.0. The van der Waals surface area contributed by atoms with Crippen LogP contribution in [0.5, 0.6) is 0 Å². The zero-order chi connectivity index (χ0) is 22.0. The topological polar surface area (TPSA) is 91.6 Å². The first-order chi connectivity index (χ1) is 14.9. The molecule has 3 aromatic rings. The van der Waals surface area contributed by atoms with Gasteiger partial charge in [-0.1, -0.05) is 6.07 Å². The van der Waals surface area contributed by atoms with E-state index in [0.717, 1.165) is 11.1 Å². The summed E-state index contributed by atoms with van der Waals surface area (Å²) in [7, 11) is 0. The van der Waals surface area contributed by atoms with Gasteiger partial charge >= 0.3 is 0 Å². The van der Waals surface area contributed by atoms with E-state index in [4.69, 9.17) is 0 Å². The van der Waals surface area contributed by atoms with Crippen LogP contribution in [0.2, 0.25) is 0 Å². The van der Waals surface area contributed by atoms with Crippen molar-refractivity contribution in [2.75, 3.05) is 36.4 Å². The molecule has 0 aliphatic carbocycles. The molecule has 0 saturated carbocycles. The number of carbonyl (C=O) groups is 1. The molecular weight excluding hydrogens is 401 g/mol. The van der Waals surface area contributed by atoms with Gasteiger partial charge in [-0.25, -0.2) is 4.39 Å². The summed E-state index contributed by atoms with van der Waals surface area (Å²) in [5, 5.41) is 15.4. The van der Waals surface area contributed by atoms with Crippen LogP contribution in [-0.2, 0) is 4.79 Å². The highest BCUT2D eigenvalue weighted by Crippen LogP contribution is 2.33. The number of carbonyl (C=O) groups excluding carboxylic acids is 1. The van der Waals surface area contributed by atoms with Crippen LogP contribution >= 0.6 is 0 Å². The number of piperazine rings is 1. The van der Waals surface area contributed by atoms with E-state index in [1.165, 1.54) is 24.4 Å². The predicted molar refractivity (Wildman–Crippen MR) is 117 cm³/mol. The Morgan fingerprint density at radius 2 is 1.94 bits per heavy atom. The summed E-state index contributed by atoms with van der Waals surface area (Å²) in [4.78, 5) is 31.8. The van der Waals surface area contributed by atoms with Crippen molar-refractivity contribution < 1.29 is 14.1 Å². The van der Waals surface area contributed by atoms with Crippen LogP contribution in [0.3, 0.4) is 0 Å². The lowest BCUT2D eigenvalue weighted by Crippen LogP contribution is -2.52. The highest BCUT2D eigenvalue weighted by molar-refractivity contribution is 5.99. The highest BCUT2D eigenvalue weighted by atomic mass is 19.1. The molecule has 31 heavy (non-hydrogen) atoms. The van der Waals surface area contributed by atoms with Crippen LogP contribution in [0.4, 0.5) is 21.5 Å². The van der Waals surface area contributed by atoms with Gasteiger partial charge in [-0.2, -0.15) is 0 Å². The number of aromatic nitrogens is 1. The van der Waals surface area contributed by atoms with Crippen molar-refractivity contribution in [1.29, 1.82) is 0 Å². The number of fused-ring (bicyclic) bond motifs is 1. The second-order valence-corrected chi connectivity index (χ2v) is 7.48. The van der Waals surface area contributed by atoms with Gasteiger partial charge in [0, 0.05) is 61.4 Å². The average molecular weight is 423 g/mol. The Morgan fingerprint density at radius 3 is 2.65 bits per heavy atom. The minimum atomic E-state index is -0.399. The van der Waals surface area contributed by atoms with Gasteiger partial charge in [0.2, 0.25) is 5.91 Å². The van der Waals surface area contributed by atoms with Crippen LogP contribution in [0.25, 0.3) is 10.8 Å². The molecule has 8 nitrogen and oxygen atoms in total. The summed E-state index contributed by atoms with van der Waals surface area (Å²) >= 11 is 0. The number of halogens is 1. The fraction of sp³-hybridized carbons (Fsp3) is 0.273. The zero-order valence-corrected chi connectivity index (χ0v) is 17.0. The van der Waals surface area contributed by atoms with Crippen molar-refractivity contribution in [3.05, 3.63) is 70.8 Å². The molecule has 1 N–H and O–H groups in total. The molecule has 2 aromatic carbocycles. The Bertz CT molecular complexity index is 1130. The van der Waals surface area contributed by atoms with Gasteiger partial charge in [0.1, 0.15) is 5.82 Å². The van der Waals surface area contributed by atoms with E-state index in [-0.39, 0.29) is 17.6 Å². The minimum Gasteiger partial charge on any atom is -0.368 e. The third-order valence-electron chi connectivity index (χ3n) is 5.64. The standard InChI is InChI=1S/C22H22FN5O3/c1-15(22(29)25-17-4-2-3-16(23)13-17)26-9-11-27(12-10-26)20-5-6-21(28(30)31)19-14-24-8-7-18(19)20/h2-8,13-15H,9-12H2,1H3,(H,25,29)/t15-/m0/s1. The molecule has 0 bridgehead atoms. The molecule has 1 amide bonds.